The average molecular weight is 339 g/mol. The highest BCUT2D eigenvalue weighted by atomic mass is 16.3. The minimum Gasteiger partial charge on any atom is -0.508 e. The molecule has 9 heteroatoms. The number of rotatable bonds is 4. The molecule has 124 valence electrons. The fraction of sp³-hybridized carbons (Fsp3) is 0.0625. The van der Waals surface area contributed by atoms with Gasteiger partial charge in [-0.1, -0.05) is 0 Å². The summed E-state index contributed by atoms with van der Waals surface area (Å²) in [4.78, 5) is 45.3. The summed E-state index contributed by atoms with van der Waals surface area (Å²) in [7, 11) is 0. The molecule has 0 saturated carbocycles. The second kappa shape index (κ2) is 6.04. The number of aryl methyl sites for hydroxylation is 1. The molecule has 3 rings (SSSR count). The lowest BCUT2D eigenvalue weighted by molar-refractivity contribution is 0.474. The van der Waals surface area contributed by atoms with Crippen LogP contribution >= 0.6 is 0 Å². The summed E-state index contributed by atoms with van der Waals surface area (Å²) in [6, 6.07) is 6.44. The minimum absolute atomic E-state index is 0.128. The van der Waals surface area contributed by atoms with Crippen LogP contribution in [0, 0.1) is 21.6 Å². The lowest BCUT2D eigenvalue weighted by atomic mass is 10.0. The highest BCUT2D eigenvalue weighted by Crippen LogP contribution is 2.37. The van der Waals surface area contributed by atoms with Crippen LogP contribution in [-0.2, 0) is 0 Å². The van der Waals surface area contributed by atoms with Gasteiger partial charge in [0.05, 0.1) is 5.39 Å². The van der Waals surface area contributed by atoms with Crippen LogP contribution in [-0.4, -0.2) is 5.11 Å². The number of hydrogen-bond donors (Lipinski definition) is 1. The van der Waals surface area contributed by atoms with Crippen LogP contribution in [0.3, 0.4) is 0 Å². The SMILES string of the molecule is Cc1cc(-c2oc3cc(O)cc(N=O)c3c(=O)c2N=O)ccc1N=O. The summed E-state index contributed by atoms with van der Waals surface area (Å²) in [6.07, 6.45) is 0. The van der Waals surface area contributed by atoms with Crippen LogP contribution in [0.5, 0.6) is 5.75 Å². The Morgan fingerprint density at radius 3 is 2.28 bits per heavy atom. The van der Waals surface area contributed by atoms with E-state index in [1.807, 2.05) is 0 Å². The van der Waals surface area contributed by atoms with Crippen molar-refractivity contribution >= 4 is 28.0 Å². The van der Waals surface area contributed by atoms with Crippen molar-refractivity contribution in [3.05, 3.63) is 60.8 Å². The molecule has 0 aliphatic carbocycles. The number of benzene rings is 2. The number of aromatic hydroxyl groups is 1. The van der Waals surface area contributed by atoms with Crippen LogP contribution in [0.1, 0.15) is 5.56 Å². The Kier molecular flexibility index (Phi) is 3.89. The van der Waals surface area contributed by atoms with Crippen molar-refractivity contribution in [1.29, 1.82) is 0 Å². The van der Waals surface area contributed by atoms with Crippen LogP contribution in [0.2, 0.25) is 0 Å². The monoisotopic (exact) mass is 339 g/mol. The summed E-state index contributed by atoms with van der Waals surface area (Å²) < 4.78 is 5.54. The molecule has 0 aliphatic rings. The van der Waals surface area contributed by atoms with E-state index in [9.17, 15) is 24.6 Å². The van der Waals surface area contributed by atoms with E-state index in [0.29, 0.717) is 11.1 Å². The molecule has 1 heterocycles. The van der Waals surface area contributed by atoms with Gasteiger partial charge in [0.2, 0.25) is 5.43 Å². The summed E-state index contributed by atoms with van der Waals surface area (Å²) in [6.45, 7) is 1.62. The van der Waals surface area contributed by atoms with Crippen LogP contribution in [0.15, 0.2) is 55.1 Å². The van der Waals surface area contributed by atoms with E-state index in [2.05, 4.69) is 15.5 Å². The molecule has 0 fully saturated rings. The van der Waals surface area contributed by atoms with Crippen molar-refractivity contribution in [2.45, 2.75) is 6.92 Å². The predicted octanol–water partition coefficient (Wildman–Crippen LogP) is 4.67. The Bertz CT molecular complexity index is 1100. The number of hydrogen-bond acceptors (Lipinski definition) is 9. The molecule has 3 aromatic rings. The van der Waals surface area contributed by atoms with Crippen LogP contribution in [0.4, 0.5) is 17.1 Å². The first kappa shape index (κ1) is 16.1. The third kappa shape index (κ3) is 2.57. The highest BCUT2D eigenvalue weighted by Gasteiger charge is 2.21. The Morgan fingerprint density at radius 1 is 0.960 bits per heavy atom. The van der Waals surface area contributed by atoms with Gasteiger partial charge in [-0.2, -0.15) is 0 Å². The summed E-state index contributed by atoms with van der Waals surface area (Å²) in [5, 5.41) is 17.6. The fourth-order valence-corrected chi connectivity index (χ4v) is 2.52. The van der Waals surface area contributed by atoms with Crippen LogP contribution < -0.4 is 5.43 Å². The van der Waals surface area contributed by atoms with Crippen molar-refractivity contribution in [1.82, 2.24) is 0 Å². The zero-order valence-electron chi connectivity index (χ0n) is 12.7. The number of fused-ring (bicyclic) bond motifs is 1. The first-order valence-corrected chi connectivity index (χ1v) is 6.95. The molecule has 0 spiro atoms. The molecule has 1 N–H and O–H groups in total. The van der Waals surface area contributed by atoms with Gasteiger partial charge in [0.25, 0.3) is 0 Å². The normalized spacial score (nSPS) is 10.6. The van der Waals surface area contributed by atoms with E-state index in [-0.39, 0.29) is 33.9 Å². The summed E-state index contributed by atoms with van der Waals surface area (Å²) in [5.74, 6) is -0.491. The number of nitrogens with zero attached hydrogens (tertiary/aromatic N) is 3. The van der Waals surface area contributed by atoms with E-state index >= 15 is 0 Å². The summed E-state index contributed by atoms with van der Waals surface area (Å²) in [5.41, 5.74) is -0.891. The van der Waals surface area contributed by atoms with Gasteiger partial charge in [0, 0.05) is 17.7 Å². The molecular formula is C16H9N3O6. The average Bonchev–Trinajstić information content (AvgIpc) is 2.60. The van der Waals surface area contributed by atoms with Gasteiger partial charge in [0.15, 0.2) is 11.4 Å². The second-order valence-corrected chi connectivity index (χ2v) is 5.22. The molecule has 2 aromatic carbocycles. The predicted molar refractivity (Wildman–Crippen MR) is 90.7 cm³/mol. The molecule has 0 amide bonds. The highest BCUT2D eigenvalue weighted by molar-refractivity contribution is 5.94. The molecule has 0 aliphatic heterocycles. The standard InChI is InChI=1S/C16H9N3O6/c1-7-4-8(2-3-10(7)17-22)16-14(19-24)15(21)13-11(18-23)5-9(20)6-12(13)25-16/h2-6,20H,1H3. The molecule has 0 bridgehead atoms. The van der Waals surface area contributed by atoms with Gasteiger partial charge in [-0.3, -0.25) is 4.79 Å². The molecule has 25 heavy (non-hydrogen) atoms. The fourth-order valence-electron chi connectivity index (χ4n) is 2.52. The third-order valence-corrected chi connectivity index (χ3v) is 3.68. The molecule has 0 atom stereocenters. The number of phenols is 1. The van der Waals surface area contributed by atoms with E-state index in [1.165, 1.54) is 18.2 Å². The molecule has 9 nitrogen and oxygen atoms in total. The van der Waals surface area contributed by atoms with Gasteiger partial charge >= 0.3 is 0 Å². The van der Waals surface area contributed by atoms with Gasteiger partial charge in [-0.05, 0) is 46.2 Å². The van der Waals surface area contributed by atoms with E-state index < -0.39 is 11.1 Å². The third-order valence-electron chi connectivity index (χ3n) is 3.68. The first-order valence-electron chi connectivity index (χ1n) is 6.95. The molecular weight excluding hydrogens is 330 g/mol. The Hall–Kier alpha value is -3.75. The van der Waals surface area contributed by atoms with E-state index in [1.54, 1.807) is 6.92 Å². The lowest BCUT2D eigenvalue weighted by Crippen LogP contribution is -2.03. The van der Waals surface area contributed by atoms with Gasteiger partial charge in [0.1, 0.15) is 22.7 Å². The molecule has 0 radical (unpaired) electrons. The second-order valence-electron chi connectivity index (χ2n) is 5.22. The van der Waals surface area contributed by atoms with Crippen LogP contribution in [0.25, 0.3) is 22.3 Å². The topological polar surface area (TPSA) is 139 Å². The number of phenolic OH excluding ortho intramolecular Hbond substituents is 1. The maximum Gasteiger partial charge on any atom is 0.224 e. The summed E-state index contributed by atoms with van der Waals surface area (Å²) >= 11 is 0. The number of nitroso groups, excluding NO2 is 3. The van der Waals surface area contributed by atoms with Crippen molar-refractivity contribution in [3.63, 3.8) is 0 Å². The van der Waals surface area contributed by atoms with Gasteiger partial charge in [-0.25, -0.2) is 0 Å². The van der Waals surface area contributed by atoms with E-state index in [4.69, 9.17) is 4.42 Å². The zero-order valence-corrected chi connectivity index (χ0v) is 12.7. The molecule has 0 unspecified atom stereocenters. The Balaban J connectivity index is 2.42. The van der Waals surface area contributed by atoms with Crippen molar-refractivity contribution in [2.24, 2.45) is 15.5 Å². The minimum atomic E-state index is -0.851. The Morgan fingerprint density at radius 2 is 1.68 bits per heavy atom. The lowest BCUT2D eigenvalue weighted by Gasteiger charge is -2.08. The zero-order chi connectivity index (χ0) is 18.1. The van der Waals surface area contributed by atoms with Gasteiger partial charge < -0.3 is 9.52 Å². The van der Waals surface area contributed by atoms with E-state index in [0.717, 1.165) is 12.1 Å². The van der Waals surface area contributed by atoms with Crippen molar-refractivity contribution in [2.75, 3.05) is 0 Å². The largest absolute Gasteiger partial charge is 0.508 e. The first-order chi connectivity index (χ1) is 12.0. The molecule has 1 aromatic heterocycles. The smallest absolute Gasteiger partial charge is 0.224 e. The van der Waals surface area contributed by atoms with Crippen molar-refractivity contribution < 1.29 is 9.52 Å². The van der Waals surface area contributed by atoms with Gasteiger partial charge in [-0.15, -0.1) is 14.7 Å². The maximum atomic E-state index is 12.5. The Labute approximate surface area is 138 Å². The molecule has 0 saturated heterocycles. The maximum absolute atomic E-state index is 12.5. The quantitative estimate of drug-likeness (QED) is 0.685. The van der Waals surface area contributed by atoms with Crippen molar-refractivity contribution in [3.8, 4) is 17.1 Å².